The van der Waals surface area contributed by atoms with E-state index < -0.39 is 5.90 Å². The van der Waals surface area contributed by atoms with Crippen molar-refractivity contribution in [2.24, 2.45) is 4.99 Å². The zero-order chi connectivity index (χ0) is 20.8. The molecule has 0 saturated carbocycles. The fourth-order valence-electron chi connectivity index (χ4n) is 3.65. The van der Waals surface area contributed by atoms with Crippen LogP contribution in [0, 0.1) is 11.8 Å². The number of rotatable bonds is 2. The van der Waals surface area contributed by atoms with Gasteiger partial charge >= 0.3 is 4.84 Å². The van der Waals surface area contributed by atoms with Gasteiger partial charge in [0.25, 0.3) is 0 Å². The number of amides is 1. The molecule has 0 atom stereocenters. The summed E-state index contributed by atoms with van der Waals surface area (Å²) in [5.74, 6) is -0.355. The number of nitrogens with one attached hydrogen (secondary N) is 1. The number of benzene rings is 3. The lowest BCUT2D eigenvalue weighted by atomic mass is 10.0. The molecule has 0 spiro atoms. The topological polar surface area (TPSA) is 97.5 Å². The molecular formula is C22H15N4O3S-. The number of H-pyrrole nitrogens is 1. The number of anilines is 2. The Kier molecular flexibility index (Phi) is 4.22. The summed E-state index contributed by atoms with van der Waals surface area (Å²) in [6.07, 6.45) is -0.307. The Balaban J connectivity index is 1.72. The Labute approximate surface area is 176 Å². The van der Waals surface area contributed by atoms with Crippen LogP contribution in [0.3, 0.4) is 0 Å². The predicted octanol–water partition coefficient (Wildman–Crippen LogP) is 4.32. The van der Waals surface area contributed by atoms with E-state index in [9.17, 15) is 9.90 Å². The van der Waals surface area contributed by atoms with Gasteiger partial charge in [0.15, 0.2) is 5.82 Å². The summed E-state index contributed by atoms with van der Waals surface area (Å²) in [6, 6.07) is 16.9. The summed E-state index contributed by atoms with van der Waals surface area (Å²) < 4.78 is 5.01. The van der Waals surface area contributed by atoms with Gasteiger partial charge in [-0.3, -0.25) is 14.7 Å². The molecule has 1 amide bonds. The molecule has 148 valence electrons. The summed E-state index contributed by atoms with van der Waals surface area (Å²) in [5.41, 5.74) is 3.46. The zero-order valence-corrected chi connectivity index (χ0v) is 16.7. The summed E-state index contributed by atoms with van der Waals surface area (Å²) in [4.78, 5) is 23.0. The number of fused-ring (bicyclic) bond motifs is 3. The van der Waals surface area contributed by atoms with Crippen LogP contribution in [-0.4, -0.2) is 21.9 Å². The van der Waals surface area contributed by atoms with E-state index in [-0.39, 0.29) is 17.2 Å². The monoisotopic (exact) mass is 415 g/mol. The molecule has 0 aliphatic carbocycles. The van der Waals surface area contributed by atoms with Crippen molar-refractivity contribution in [1.29, 1.82) is 0 Å². The summed E-state index contributed by atoms with van der Waals surface area (Å²) in [7, 11) is 0. The first-order chi connectivity index (χ1) is 14.5. The molecule has 5 rings (SSSR count). The third kappa shape index (κ3) is 3.07. The number of hydrogen-bond donors (Lipinski definition) is 1. The quantitative estimate of drug-likeness (QED) is 0.492. The molecule has 0 saturated heterocycles. The van der Waals surface area contributed by atoms with Crippen molar-refractivity contribution in [3.05, 3.63) is 65.0 Å². The van der Waals surface area contributed by atoms with Crippen LogP contribution in [0.5, 0.6) is 0 Å². The standard InChI is InChI=1S/C22H16N4O3S/c1-12-5-7-16-13(9-12)6-8-17-20(16)23-18(27)11-19(28)26(17)15-4-2-3-14(10-15)21-24-22(30)29-25-21/h2-10H,11H2,1H3,(H,23,27)(H,24,25,30)/p-1. The van der Waals surface area contributed by atoms with Crippen LogP contribution in [0.4, 0.5) is 17.1 Å². The minimum atomic E-state index is -0.464. The Morgan fingerprint density at radius 1 is 1.17 bits per heavy atom. The van der Waals surface area contributed by atoms with Gasteiger partial charge in [-0.05, 0) is 48.6 Å². The predicted molar refractivity (Wildman–Crippen MR) is 115 cm³/mol. The maximum atomic E-state index is 13.0. The number of carbonyl (C=O) groups excluding carboxylic acids is 1. The first-order valence-electron chi connectivity index (χ1n) is 9.26. The van der Waals surface area contributed by atoms with Gasteiger partial charge in [0, 0.05) is 16.6 Å². The molecule has 0 fully saturated rings. The Morgan fingerprint density at radius 3 is 2.83 bits per heavy atom. The number of carbonyl (C=O) groups is 1. The van der Waals surface area contributed by atoms with Crippen molar-refractivity contribution in [3.8, 4) is 11.4 Å². The summed E-state index contributed by atoms with van der Waals surface area (Å²) in [6.45, 7) is 2.00. The second-order valence-electron chi connectivity index (χ2n) is 7.05. The fourth-order valence-corrected chi connectivity index (χ4v) is 3.79. The minimum Gasteiger partial charge on any atom is -0.861 e. The van der Waals surface area contributed by atoms with Crippen LogP contribution in [0.1, 0.15) is 12.0 Å². The third-order valence-electron chi connectivity index (χ3n) is 4.97. The molecule has 1 aliphatic heterocycles. The van der Waals surface area contributed by atoms with Gasteiger partial charge in [0.1, 0.15) is 0 Å². The Morgan fingerprint density at radius 2 is 2.03 bits per heavy atom. The molecule has 0 bridgehead atoms. The van der Waals surface area contributed by atoms with E-state index in [1.165, 1.54) is 4.90 Å². The van der Waals surface area contributed by atoms with Gasteiger partial charge in [-0.2, -0.15) is 4.98 Å². The van der Waals surface area contributed by atoms with Crippen LogP contribution in [-0.2, 0) is 4.79 Å². The largest absolute Gasteiger partial charge is 0.861 e. The van der Waals surface area contributed by atoms with E-state index in [1.807, 2.05) is 43.3 Å². The number of aromatic amines is 1. The third-order valence-corrected chi connectivity index (χ3v) is 5.15. The van der Waals surface area contributed by atoms with Crippen molar-refractivity contribution in [2.45, 2.75) is 13.3 Å². The highest BCUT2D eigenvalue weighted by Crippen LogP contribution is 2.42. The van der Waals surface area contributed by atoms with Crippen molar-refractivity contribution in [1.82, 2.24) is 10.1 Å². The van der Waals surface area contributed by atoms with Crippen LogP contribution in [0.15, 0.2) is 64.1 Å². The van der Waals surface area contributed by atoms with E-state index in [4.69, 9.17) is 16.7 Å². The van der Waals surface area contributed by atoms with Crippen LogP contribution >= 0.6 is 12.2 Å². The molecule has 7 nitrogen and oxygen atoms in total. The SMILES string of the molecule is Cc1ccc2c3c(ccc2c1)N(c1cccc(-c2nc(=S)o[nH]2)c1)C(=O)CC([O-])=N3. The highest BCUT2D eigenvalue weighted by molar-refractivity contribution is 7.71. The maximum absolute atomic E-state index is 13.0. The Hall–Kier alpha value is -3.78. The first kappa shape index (κ1) is 18.3. The van der Waals surface area contributed by atoms with Gasteiger partial charge in [0.05, 0.1) is 17.8 Å². The fraction of sp³-hybridized carbons (Fsp3) is 0.0909. The molecule has 2 heterocycles. The number of aromatic nitrogens is 2. The molecule has 0 unspecified atom stereocenters. The van der Waals surface area contributed by atoms with Gasteiger partial charge in [0.2, 0.25) is 5.91 Å². The first-order valence-corrected chi connectivity index (χ1v) is 9.67. The number of nitrogens with zero attached hydrogens (tertiary/aromatic N) is 3. The van der Waals surface area contributed by atoms with Gasteiger partial charge in [-0.1, -0.05) is 42.0 Å². The van der Waals surface area contributed by atoms with E-state index in [1.54, 1.807) is 18.2 Å². The minimum absolute atomic E-state index is 0.0951. The lowest BCUT2D eigenvalue weighted by Gasteiger charge is -2.24. The van der Waals surface area contributed by atoms with Crippen molar-refractivity contribution < 1.29 is 14.4 Å². The molecular weight excluding hydrogens is 400 g/mol. The van der Waals surface area contributed by atoms with E-state index >= 15 is 0 Å². The second-order valence-corrected chi connectivity index (χ2v) is 7.40. The van der Waals surface area contributed by atoms with E-state index in [2.05, 4.69) is 15.1 Å². The molecule has 3 aromatic carbocycles. The molecule has 8 heteroatoms. The van der Waals surface area contributed by atoms with Crippen molar-refractivity contribution in [3.63, 3.8) is 0 Å². The molecule has 1 aromatic heterocycles. The van der Waals surface area contributed by atoms with E-state index in [0.29, 0.717) is 28.5 Å². The van der Waals surface area contributed by atoms with Gasteiger partial charge < -0.3 is 9.63 Å². The zero-order valence-electron chi connectivity index (χ0n) is 15.9. The molecule has 1 N–H and O–H groups in total. The highest BCUT2D eigenvalue weighted by atomic mass is 32.1. The summed E-state index contributed by atoms with van der Waals surface area (Å²) >= 11 is 4.92. The highest BCUT2D eigenvalue weighted by Gasteiger charge is 2.25. The summed E-state index contributed by atoms with van der Waals surface area (Å²) in [5, 5.41) is 16.8. The Bertz CT molecular complexity index is 1400. The number of aliphatic imine (C=N–C) groups is 1. The van der Waals surface area contributed by atoms with Crippen LogP contribution < -0.4 is 10.0 Å². The lowest BCUT2D eigenvalue weighted by Crippen LogP contribution is -2.30. The van der Waals surface area contributed by atoms with Gasteiger partial charge in [-0.15, -0.1) is 0 Å². The lowest BCUT2D eigenvalue weighted by molar-refractivity contribution is -0.218. The van der Waals surface area contributed by atoms with Crippen molar-refractivity contribution >= 4 is 51.9 Å². The van der Waals surface area contributed by atoms with Crippen molar-refractivity contribution in [2.75, 3.05) is 4.90 Å². The van der Waals surface area contributed by atoms with Crippen LogP contribution in [0.25, 0.3) is 22.2 Å². The maximum Gasteiger partial charge on any atom is 0.314 e. The second kappa shape index (κ2) is 6.93. The molecule has 0 radical (unpaired) electrons. The average Bonchev–Trinajstić information content (AvgIpc) is 3.10. The van der Waals surface area contributed by atoms with Crippen LogP contribution in [0.2, 0.25) is 0 Å². The number of aryl methyl sites for hydroxylation is 1. The van der Waals surface area contributed by atoms with E-state index in [0.717, 1.165) is 16.3 Å². The smallest absolute Gasteiger partial charge is 0.314 e. The van der Waals surface area contributed by atoms with Gasteiger partial charge in [-0.25, -0.2) is 5.16 Å². The number of hydrogen-bond acceptors (Lipinski definition) is 6. The normalized spacial score (nSPS) is 13.8. The molecule has 1 aliphatic rings. The molecule has 30 heavy (non-hydrogen) atoms. The average molecular weight is 415 g/mol. The molecule has 4 aromatic rings.